The highest BCUT2D eigenvalue weighted by atomic mass is 127. The average molecular weight is 535 g/mol. The minimum Gasteiger partial charge on any atom is -0.448 e. The number of benzene rings is 2. The molecule has 1 aliphatic rings. The summed E-state index contributed by atoms with van der Waals surface area (Å²) >= 11 is 3.73. The SMILES string of the molecule is O=C(Nc1cccc2ncsc12)OCCN1CCC(C(=O)c2ccc(I)cc2)CC1. The molecule has 0 bridgehead atoms. The van der Waals surface area contributed by atoms with Crippen LogP contribution in [0, 0.1) is 9.49 Å². The van der Waals surface area contributed by atoms with Crippen LogP contribution in [0.4, 0.5) is 10.5 Å². The Morgan fingerprint density at radius 3 is 2.70 bits per heavy atom. The Hall–Kier alpha value is -2.04. The maximum absolute atomic E-state index is 12.7. The molecule has 1 aromatic heterocycles. The summed E-state index contributed by atoms with van der Waals surface area (Å²) in [4.78, 5) is 31.3. The van der Waals surface area contributed by atoms with E-state index in [1.165, 1.54) is 11.3 Å². The van der Waals surface area contributed by atoms with E-state index in [0.29, 0.717) is 13.2 Å². The molecule has 0 radical (unpaired) electrons. The van der Waals surface area contributed by atoms with E-state index in [2.05, 4.69) is 37.8 Å². The number of anilines is 1. The van der Waals surface area contributed by atoms with E-state index in [9.17, 15) is 9.59 Å². The second kappa shape index (κ2) is 9.84. The van der Waals surface area contributed by atoms with E-state index < -0.39 is 6.09 Å². The number of aromatic nitrogens is 1. The first-order valence-corrected chi connectivity index (χ1v) is 11.8. The van der Waals surface area contributed by atoms with Crippen molar-refractivity contribution in [3.8, 4) is 0 Å². The van der Waals surface area contributed by atoms with Crippen LogP contribution in [-0.4, -0.2) is 48.0 Å². The molecule has 0 atom stereocenters. The van der Waals surface area contributed by atoms with Crippen molar-refractivity contribution in [2.75, 3.05) is 31.6 Å². The summed E-state index contributed by atoms with van der Waals surface area (Å²) < 4.78 is 7.42. The molecular formula is C22H22IN3O3S. The molecule has 1 aliphatic heterocycles. The number of thiazole rings is 1. The van der Waals surface area contributed by atoms with E-state index in [-0.39, 0.29) is 11.7 Å². The van der Waals surface area contributed by atoms with E-state index >= 15 is 0 Å². The number of likely N-dealkylation sites (tertiary alicyclic amines) is 1. The average Bonchev–Trinajstić information content (AvgIpc) is 3.24. The zero-order valence-electron chi connectivity index (χ0n) is 16.3. The van der Waals surface area contributed by atoms with Gasteiger partial charge in [0.05, 0.1) is 21.4 Å². The van der Waals surface area contributed by atoms with Gasteiger partial charge in [-0.3, -0.25) is 15.0 Å². The van der Waals surface area contributed by atoms with Crippen molar-refractivity contribution in [3.63, 3.8) is 0 Å². The van der Waals surface area contributed by atoms with Crippen LogP contribution in [0.15, 0.2) is 48.0 Å². The first-order chi connectivity index (χ1) is 14.6. The number of ether oxygens (including phenoxy) is 1. The van der Waals surface area contributed by atoms with E-state index in [4.69, 9.17) is 4.74 Å². The number of hydrogen-bond donors (Lipinski definition) is 1. The number of piperidine rings is 1. The summed E-state index contributed by atoms with van der Waals surface area (Å²) in [7, 11) is 0. The van der Waals surface area contributed by atoms with Gasteiger partial charge in [0.15, 0.2) is 5.78 Å². The van der Waals surface area contributed by atoms with Crippen LogP contribution in [0.25, 0.3) is 10.2 Å². The second-order valence-electron chi connectivity index (χ2n) is 7.25. The van der Waals surface area contributed by atoms with Crippen molar-refractivity contribution < 1.29 is 14.3 Å². The third-order valence-electron chi connectivity index (χ3n) is 5.32. The van der Waals surface area contributed by atoms with Crippen molar-refractivity contribution >= 4 is 61.7 Å². The standard InChI is InChI=1S/C22H22IN3O3S/c23-17-6-4-15(5-7-17)20(27)16-8-10-26(11-9-16)12-13-29-22(28)25-19-3-1-2-18-21(19)30-14-24-18/h1-7,14,16H,8-13H2,(H,25,28). The van der Waals surface area contributed by atoms with Gasteiger partial charge in [0.1, 0.15) is 6.61 Å². The van der Waals surface area contributed by atoms with Gasteiger partial charge in [-0.05, 0) is 72.8 Å². The Labute approximate surface area is 192 Å². The van der Waals surface area contributed by atoms with Crippen molar-refractivity contribution in [3.05, 3.63) is 57.1 Å². The highest BCUT2D eigenvalue weighted by Crippen LogP contribution is 2.26. The molecule has 1 saturated heterocycles. The number of Topliss-reactive ketones (excluding diaryl/α,β-unsaturated/α-hetero) is 1. The monoisotopic (exact) mass is 535 g/mol. The summed E-state index contributed by atoms with van der Waals surface area (Å²) in [5, 5.41) is 2.80. The Morgan fingerprint density at radius 1 is 1.17 bits per heavy atom. The van der Waals surface area contributed by atoms with Gasteiger partial charge >= 0.3 is 6.09 Å². The number of hydrogen-bond acceptors (Lipinski definition) is 6. The number of carbonyl (C=O) groups excluding carboxylic acids is 2. The topological polar surface area (TPSA) is 71.5 Å². The second-order valence-corrected chi connectivity index (χ2v) is 9.35. The molecular weight excluding hydrogens is 513 g/mol. The largest absolute Gasteiger partial charge is 0.448 e. The van der Waals surface area contributed by atoms with Crippen molar-refractivity contribution in [2.24, 2.45) is 5.92 Å². The van der Waals surface area contributed by atoms with Gasteiger partial charge in [-0.15, -0.1) is 11.3 Å². The summed E-state index contributed by atoms with van der Waals surface area (Å²) in [5.74, 6) is 0.310. The fourth-order valence-electron chi connectivity index (χ4n) is 3.67. The number of rotatable bonds is 6. The Bertz CT molecular complexity index is 1030. The lowest BCUT2D eigenvalue weighted by Gasteiger charge is -2.31. The Morgan fingerprint density at radius 2 is 1.93 bits per heavy atom. The molecule has 3 aromatic rings. The number of ketones is 1. The molecule has 1 N–H and O–H groups in total. The molecule has 4 rings (SSSR count). The summed E-state index contributed by atoms with van der Waals surface area (Å²) in [5.41, 5.74) is 4.13. The highest BCUT2D eigenvalue weighted by Gasteiger charge is 2.25. The maximum atomic E-state index is 12.7. The molecule has 0 aliphatic carbocycles. The van der Waals surface area contributed by atoms with Gasteiger partial charge in [-0.25, -0.2) is 9.78 Å². The molecule has 0 spiro atoms. The summed E-state index contributed by atoms with van der Waals surface area (Å²) in [6, 6.07) is 13.4. The van der Waals surface area contributed by atoms with Crippen LogP contribution in [0.3, 0.4) is 0 Å². The lowest BCUT2D eigenvalue weighted by molar-refractivity contribution is 0.0813. The zero-order chi connectivity index (χ0) is 20.9. The van der Waals surface area contributed by atoms with Crippen LogP contribution in [-0.2, 0) is 4.74 Å². The van der Waals surface area contributed by atoms with E-state index in [1.54, 1.807) is 5.51 Å². The molecule has 1 fully saturated rings. The molecule has 1 amide bonds. The van der Waals surface area contributed by atoms with Crippen LogP contribution in [0.2, 0.25) is 0 Å². The third-order valence-corrected chi connectivity index (χ3v) is 6.92. The fourth-order valence-corrected chi connectivity index (χ4v) is 4.79. The van der Waals surface area contributed by atoms with E-state index in [1.807, 2.05) is 42.5 Å². The number of nitrogens with one attached hydrogen (secondary N) is 1. The smallest absolute Gasteiger partial charge is 0.411 e. The van der Waals surface area contributed by atoms with Crippen molar-refractivity contribution in [1.29, 1.82) is 0 Å². The van der Waals surface area contributed by atoms with E-state index in [0.717, 1.165) is 51.0 Å². The van der Waals surface area contributed by atoms with Crippen LogP contribution in [0.1, 0.15) is 23.2 Å². The zero-order valence-corrected chi connectivity index (χ0v) is 19.3. The molecule has 2 heterocycles. The number of nitrogens with zero attached hydrogens (tertiary/aromatic N) is 2. The van der Waals surface area contributed by atoms with Gasteiger partial charge in [-0.2, -0.15) is 0 Å². The van der Waals surface area contributed by atoms with Crippen LogP contribution < -0.4 is 5.32 Å². The lowest BCUT2D eigenvalue weighted by Crippen LogP contribution is -2.38. The molecule has 8 heteroatoms. The van der Waals surface area contributed by atoms with Crippen LogP contribution >= 0.6 is 33.9 Å². The Kier molecular flexibility index (Phi) is 6.96. The minimum atomic E-state index is -0.459. The minimum absolute atomic E-state index is 0.0745. The number of amides is 1. The van der Waals surface area contributed by atoms with Gasteiger partial charge < -0.3 is 4.74 Å². The highest BCUT2D eigenvalue weighted by molar-refractivity contribution is 14.1. The fraction of sp³-hybridized carbons (Fsp3) is 0.318. The van der Waals surface area contributed by atoms with Crippen molar-refractivity contribution in [1.82, 2.24) is 9.88 Å². The quantitative estimate of drug-likeness (QED) is 0.354. The Balaban J connectivity index is 1.19. The number of carbonyl (C=O) groups is 2. The molecule has 0 saturated carbocycles. The first-order valence-electron chi connectivity index (χ1n) is 9.88. The molecule has 156 valence electrons. The molecule has 6 nitrogen and oxygen atoms in total. The van der Waals surface area contributed by atoms with Gasteiger partial charge in [0, 0.05) is 21.6 Å². The molecule has 30 heavy (non-hydrogen) atoms. The number of halogens is 1. The molecule has 2 aromatic carbocycles. The lowest BCUT2D eigenvalue weighted by atomic mass is 9.89. The third kappa shape index (κ3) is 5.16. The van der Waals surface area contributed by atoms with Gasteiger partial charge in [-0.1, -0.05) is 18.2 Å². The van der Waals surface area contributed by atoms with Crippen molar-refractivity contribution in [2.45, 2.75) is 12.8 Å². The normalized spacial score (nSPS) is 15.2. The number of fused-ring (bicyclic) bond motifs is 1. The first kappa shape index (κ1) is 21.2. The molecule has 0 unspecified atom stereocenters. The maximum Gasteiger partial charge on any atom is 0.411 e. The van der Waals surface area contributed by atoms with Crippen LogP contribution in [0.5, 0.6) is 0 Å². The predicted octanol–water partition coefficient (Wildman–Crippen LogP) is 5.04. The van der Waals surface area contributed by atoms with Gasteiger partial charge in [0.2, 0.25) is 0 Å². The van der Waals surface area contributed by atoms with Gasteiger partial charge in [0.25, 0.3) is 0 Å². The summed E-state index contributed by atoms with van der Waals surface area (Å²) in [6.07, 6.45) is 1.22. The summed E-state index contributed by atoms with van der Waals surface area (Å²) in [6.45, 7) is 2.67. The predicted molar refractivity (Wildman–Crippen MR) is 127 cm³/mol.